The second-order valence-electron chi connectivity index (χ2n) is 12.4. The quantitative estimate of drug-likeness (QED) is 0.618. The standard InChI is InChI=1S/C27H44O3/c1-16(15-28)5-8-23-17(2)25-24(30-23)14-22-20-7-6-18-13-19(29)9-11-26(18,3)21(20)10-12-27(22,25)4/h16,18-22,24-25,28-29H,5-15H2,1-4H3/t16-,18-,19-,20+,21-,22+,24+,25-,26-,27-/m0/s1. The van der Waals surface area contributed by atoms with Gasteiger partial charge in [0.1, 0.15) is 6.10 Å². The van der Waals surface area contributed by atoms with Crippen molar-refractivity contribution in [1.29, 1.82) is 0 Å². The lowest BCUT2D eigenvalue weighted by atomic mass is 9.44. The highest BCUT2D eigenvalue weighted by molar-refractivity contribution is 5.26. The number of allylic oxidation sites excluding steroid dienone is 1. The van der Waals surface area contributed by atoms with Gasteiger partial charge in [-0.2, -0.15) is 0 Å². The van der Waals surface area contributed by atoms with Crippen LogP contribution in [0.1, 0.15) is 91.9 Å². The molecule has 4 fully saturated rings. The van der Waals surface area contributed by atoms with Crippen LogP contribution in [0.3, 0.4) is 0 Å². The highest BCUT2D eigenvalue weighted by Gasteiger charge is 2.64. The molecule has 2 N–H and O–H groups in total. The SMILES string of the molecule is CC1=C(CC[C@H](C)CO)O[C@@H]2C[C@@H]3[C@@H]4CC[C@H]5C[C@@H](O)CC[C@]5(C)[C@H]4CC[C@]3(C)[C@@H]12. The third-order valence-corrected chi connectivity index (χ3v) is 11.0. The number of aliphatic hydroxyl groups is 2. The zero-order valence-corrected chi connectivity index (χ0v) is 19.7. The van der Waals surface area contributed by atoms with E-state index in [2.05, 4.69) is 27.7 Å². The fourth-order valence-corrected chi connectivity index (χ4v) is 9.29. The van der Waals surface area contributed by atoms with E-state index in [-0.39, 0.29) is 12.7 Å². The lowest BCUT2D eigenvalue weighted by Crippen LogP contribution is -2.54. The minimum atomic E-state index is -0.0486. The first kappa shape index (κ1) is 21.3. The van der Waals surface area contributed by atoms with Crippen LogP contribution in [0.5, 0.6) is 0 Å². The Morgan fingerprint density at radius 1 is 1.03 bits per heavy atom. The summed E-state index contributed by atoms with van der Waals surface area (Å²) in [6.07, 6.45) is 12.4. The van der Waals surface area contributed by atoms with Crippen molar-refractivity contribution in [3.8, 4) is 0 Å². The van der Waals surface area contributed by atoms with Gasteiger partial charge >= 0.3 is 0 Å². The summed E-state index contributed by atoms with van der Waals surface area (Å²) in [4.78, 5) is 0. The molecule has 5 aliphatic rings. The molecule has 0 saturated heterocycles. The molecule has 1 aliphatic heterocycles. The van der Waals surface area contributed by atoms with E-state index in [0.29, 0.717) is 28.8 Å². The van der Waals surface area contributed by atoms with Crippen molar-refractivity contribution >= 4 is 0 Å². The summed E-state index contributed by atoms with van der Waals surface area (Å²) in [5.74, 6) is 5.49. The van der Waals surface area contributed by atoms with E-state index < -0.39 is 0 Å². The number of aliphatic hydroxyl groups excluding tert-OH is 2. The van der Waals surface area contributed by atoms with Gasteiger partial charge in [-0.3, -0.25) is 0 Å². The molecule has 0 bridgehead atoms. The van der Waals surface area contributed by atoms with Crippen molar-refractivity contribution in [1.82, 2.24) is 0 Å². The second kappa shape index (κ2) is 7.51. The number of rotatable bonds is 4. The third kappa shape index (κ3) is 3.04. The largest absolute Gasteiger partial charge is 0.494 e. The molecule has 0 aromatic carbocycles. The molecule has 0 aromatic heterocycles. The Kier molecular flexibility index (Phi) is 5.33. The van der Waals surface area contributed by atoms with Crippen LogP contribution in [0, 0.1) is 46.3 Å². The molecule has 3 heteroatoms. The van der Waals surface area contributed by atoms with Gasteiger partial charge in [0.25, 0.3) is 0 Å². The molecule has 10 atom stereocenters. The van der Waals surface area contributed by atoms with E-state index in [1.807, 2.05) is 0 Å². The van der Waals surface area contributed by atoms with E-state index in [4.69, 9.17) is 4.74 Å². The molecule has 1 heterocycles. The molecule has 4 saturated carbocycles. The summed E-state index contributed by atoms with van der Waals surface area (Å²) in [6, 6.07) is 0. The minimum Gasteiger partial charge on any atom is -0.494 e. The van der Waals surface area contributed by atoms with E-state index in [1.54, 1.807) is 0 Å². The Balaban J connectivity index is 1.36. The van der Waals surface area contributed by atoms with Gasteiger partial charge in [0.15, 0.2) is 0 Å². The lowest BCUT2D eigenvalue weighted by molar-refractivity contribution is -0.124. The van der Waals surface area contributed by atoms with Gasteiger partial charge in [-0.15, -0.1) is 0 Å². The highest BCUT2D eigenvalue weighted by atomic mass is 16.5. The van der Waals surface area contributed by atoms with Crippen LogP contribution in [0.15, 0.2) is 11.3 Å². The molecule has 5 rings (SSSR count). The first-order chi connectivity index (χ1) is 14.3. The van der Waals surface area contributed by atoms with E-state index in [9.17, 15) is 10.2 Å². The van der Waals surface area contributed by atoms with Crippen LogP contribution in [-0.2, 0) is 4.74 Å². The molecule has 3 nitrogen and oxygen atoms in total. The van der Waals surface area contributed by atoms with Crippen molar-refractivity contribution in [2.75, 3.05) is 6.61 Å². The molecular weight excluding hydrogens is 372 g/mol. The molecule has 0 radical (unpaired) electrons. The van der Waals surface area contributed by atoms with Crippen molar-refractivity contribution in [2.45, 2.75) is 104 Å². The summed E-state index contributed by atoms with van der Waals surface area (Å²) in [7, 11) is 0. The van der Waals surface area contributed by atoms with Crippen LogP contribution >= 0.6 is 0 Å². The molecule has 30 heavy (non-hydrogen) atoms. The van der Waals surface area contributed by atoms with Gasteiger partial charge in [0.05, 0.1) is 11.9 Å². The van der Waals surface area contributed by atoms with Gasteiger partial charge in [0.2, 0.25) is 0 Å². The molecule has 4 aliphatic carbocycles. The van der Waals surface area contributed by atoms with Crippen molar-refractivity contribution < 1.29 is 14.9 Å². The topological polar surface area (TPSA) is 49.7 Å². The summed E-state index contributed by atoms with van der Waals surface area (Å²) in [6.45, 7) is 9.94. The van der Waals surface area contributed by atoms with Crippen LogP contribution < -0.4 is 0 Å². The van der Waals surface area contributed by atoms with Gasteiger partial charge in [-0.05, 0) is 111 Å². The van der Waals surface area contributed by atoms with Gasteiger partial charge in [-0.1, -0.05) is 20.8 Å². The maximum atomic E-state index is 10.3. The minimum absolute atomic E-state index is 0.0486. The monoisotopic (exact) mass is 416 g/mol. The predicted octanol–water partition coefficient (Wildman–Crippen LogP) is 5.70. The predicted molar refractivity (Wildman–Crippen MR) is 120 cm³/mol. The highest BCUT2D eigenvalue weighted by Crippen LogP contribution is 2.69. The van der Waals surface area contributed by atoms with Gasteiger partial charge in [-0.25, -0.2) is 0 Å². The van der Waals surface area contributed by atoms with E-state index in [1.165, 1.54) is 49.9 Å². The zero-order chi connectivity index (χ0) is 21.3. The Morgan fingerprint density at radius 3 is 2.57 bits per heavy atom. The first-order valence-electron chi connectivity index (χ1n) is 12.9. The smallest absolute Gasteiger partial charge is 0.106 e. The van der Waals surface area contributed by atoms with Gasteiger partial charge < -0.3 is 14.9 Å². The summed E-state index contributed by atoms with van der Waals surface area (Å²) < 4.78 is 6.64. The van der Waals surface area contributed by atoms with Crippen LogP contribution in [0.25, 0.3) is 0 Å². The van der Waals surface area contributed by atoms with E-state index >= 15 is 0 Å². The lowest BCUT2D eigenvalue weighted by Gasteiger charge is -2.60. The third-order valence-electron chi connectivity index (χ3n) is 11.0. The number of hydrogen-bond acceptors (Lipinski definition) is 3. The van der Waals surface area contributed by atoms with Crippen LogP contribution in [-0.4, -0.2) is 29.0 Å². The second-order valence-corrected chi connectivity index (χ2v) is 12.4. The fourth-order valence-electron chi connectivity index (χ4n) is 9.29. The first-order valence-corrected chi connectivity index (χ1v) is 12.9. The van der Waals surface area contributed by atoms with Crippen molar-refractivity contribution in [2.24, 2.45) is 46.3 Å². The average molecular weight is 417 g/mol. The number of fused-ring (bicyclic) bond motifs is 7. The van der Waals surface area contributed by atoms with Gasteiger partial charge in [0, 0.05) is 18.9 Å². The van der Waals surface area contributed by atoms with Crippen molar-refractivity contribution in [3.05, 3.63) is 11.3 Å². The molecule has 0 spiro atoms. The number of ether oxygens (including phenoxy) is 1. The fraction of sp³-hybridized carbons (Fsp3) is 0.926. The molecule has 0 amide bonds. The molecular formula is C27H44O3. The Bertz CT molecular complexity index is 700. The molecule has 0 aromatic rings. The summed E-state index contributed by atoms with van der Waals surface area (Å²) in [5.41, 5.74) is 2.39. The molecule has 0 unspecified atom stereocenters. The van der Waals surface area contributed by atoms with Crippen LogP contribution in [0.2, 0.25) is 0 Å². The summed E-state index contributed by atoms with van der Waals surface area (Å²) >= 11 is 0. The molecule has 170 valence electrons. The Labute approximate surface area is 183 Å². The Hall–Kier alpha value is -0.540. The van der Waals surface area contributed by atoms with Crippen LogP contribution in [0.4, 0.5) is 0 Å². The zero-order valence-electron chi connectivity index (χ0n) is 19.7. The van der Waals surface area contributed by atoms with E-state index in [0.717, 1.165) is 49.4 Å². The number of hydrogen-bond donors (Lipinski definition) is 2. The summed E-state index contributed by atoms with van der Waals surface area (Å²) in [5, 5.41) is 19.7. The normalized spacial score (nSPS) is 50.9. The van der Waals surface area contributed by atoms with Crippen molar-refractivity contribution in [3.63, 3.8) is 0 Å². The maximum absolute atomic E-state index is 10.3. The Morgan fingerprint density at radius 2 is 1.80 bits per heavy atom. The average Bonchev–Trinajstić information content (AvgIpc) is 3.20. The maximum Gasteiger partial charge on any atom is 0.106 e.